The molecule has 1 saturated carbocycles. The normalized spacial score (nSPS) is 32.7. The van der Waals surface area contributed by atoms with E-state index < -0.39 is 0 Å². The molecular weight excluding hydrogens is 164 g/mol. The van der Waals surface area contributed by atoms with Gasteiger partial charge in [0.15, 0.2) is 0 Å². The van der Waals surface area contributed by atoms with E-state index in [1.807, 2.05) is 19.2 Å². The van der Waals surface area contributed by atoms with Crippen LogP contribution in [0.25, 0.3) is 0 Å². The van der Waals surface area contributed by atoms with Crippen LogP contribution in [0.5, 0.6) is 0 Å². The number of pyridine rings is 1. The van der Waals surface area contributed by atoms with Crippen molar-refractivity contribution in [1.29, 1.82) is 0 Å². The van der Waals surface area contributed by atoms with Crippen molar-refractivity contribution in [1.82, 2.24) is 4.98 Å². The zero-order valence-electron chi connectivity index (χ0n) is 7.70. The molecule has 1 aromatic rings. The van der Waals surface area contributed by atoms with Gasteiger partial charge in [0.1, 0.15) is 0 Å². The highest BCUT2D eigenvalue weighted by Gasteiger charge is 2.41. The highest BCUT2D eigenvalue weighted by molar-refractivity contribution is 5.27. The molecule has 1 aromatic heterocycles. The zero-order chi connectivity index (χ0) is 9.47. The van der Waals surface area contributed by atoms with Crippen LogP contribution in [-0.2, 0) is 5.54 Å². The molecule has 0 unspecified atom stereocenters. The highest BCUT2D eigenvalue weighted by Crippen LogP contribution is 2.38. The first-order valence-corrected chi connectivity index (χ1v) is 4.49. The number of aromatic nitrogens is 1. The van der Waals surface area contributed by atoms with E-state index >= 15 is 0 Å². The number of nitrogens with zero attached hydrogens (tertiary/aromatic N) is 1. The third-order valence-electron chi connectivity index (χ3n) is 2.65. The quantitative estimate of drug-likeness (QED) is 0.665. The Balaban J connectivity index is 2.26. The molecule has 3 N–H and O–H groups in total. The lowest BCUT2D eigenvalue weighted by molar-refractivity contribution is 0.0207. The summed E-state index contributed by atoms with van der Waals surface area (Å²) in [6.07, 6.45) is 4.67. The summed E-state index contributed by atoms with van der Waals surface area (Å²) in [5.74, 6) is 0. The number of hydrogen-bond donors (Lipinski definition) is 2. The van der Waals surface area contributed by atoms with Gasteiger partial charge in [-0.05, 0) is 30.9 Å². The number of rotatable bonds is 1. The maximum Gasteiger partial charge on any atom is 0.0582 e. The Labute approximate surface area is 77.6 Å². The van der Waals surface area contributed by atoms with E-state index in [-0.39, 0.29) is 11.6 Å². The number of aryl methyl sites for hydroxylation is 1. The minimum atomic E-state index is -0.335. The maximum atomic E-state index is 9.21. The van der Waals surface area contributed by atoms with E-state index in [0.29, 0.717) is 12.8 Å². The van der Waals surface area contributed by atoms with Gasteiger partial charge in [0.05, 0.1) is 6.10 Å². The van der Waals surface area contributed by atoms with Gasteiger partial charge in [0, 0.05) is 17.9 Å². The van der Waals surface area contributed by atoms with Crippen LogP contribution in [0.2, 0.25) is 0 Å². The summed E-state index contributed by atoms with van der Waals surface area (Å²) in [5.41, 5.74) is 7.90. The Morgan fingerprint density at radius 2 is 2.23 bits per heavy atom. The second kappa shape index (κ2) is 2.79. The van der Waals surface area contributed by atoms with Crippen LogP contribution in [0.1, 0.15) is 24.0 Å². The molecule has 13 heavy (non-hydrogen) atoms. The standard InChI is InChI=1S/C10H14N2O/c1-7-2-8(6-12-5-7)10(11)3-9(13)4-10/h2,5-6,9,13H,3-4,11H2,1H3. The van der Waals surface area contributed by atoms with Crippen molar-refractivity contribution in [2.24, 2.45) is 5.73 Å². The monoisotopic (exact) mass is 178 g/mol. The molecule has 1 fully saturated rings. The van der Waals surface area contributed by atoms with Crippen LogP contribution >= 0.6 is 0 Å². The fraction of sp³-hybridized carbons (Fsp3) is 0.500. The number of aliphatic hydroxyl groups excluding tert-OH is 1. The van der Waals surface area contributed by atoms with Crippen molar-refractivity contribution in [3.05, 3.63) is 29.6 Å². The van der Waals surface area contributed by atoms with Gasteiger partial charge in [-0.1, -0.05) is 6.07 Å². The van der Waals surface area contributed by atoms with Crippen LogP contribution < -0.4 is 5.73 Å². The number of nitrogens with two attached hydrogens (primary N) is 1. The molecule has 1 heterocycles. The molecule has 0 aliphatic heterocycles. The molecule has 1 aliphatic rings. The van der Waals surface area contributed by atoms with Gasteiger partial charge in [-0.3, -0.25) is 4.98 Å². The lowest BCUT2D eigenvalue weighted by atomic mass is 9.71. The van der Waals surface area contributed by atoms with E-state index in [1.54, 1.807) is 6.20 Å². The molecule has 3 nitrogen and oxygen atoms in total. The van der Waals surface area contributed by atoms with Crippen molar-refractivity contribution in [2.45, 2.75) is 31.4 Å². The van der Waals surface area contributed by atoms with Crippen molar-refractivity contribution in [2.75, 3.05) is 0 Å². The largest absolute Gasteiger partial charge is 0.393 e. The lowest BCUT2D eigenvalue weighted by Crippen LogP contribution is -2.51. The molecule has 0 spiro atoms. The minimum Gasteiger partial charge on any atom is -0.393 e. The molecule has 0 atom stereocenters. The fourth-order valence-electron chi connectivity index (χ4n) is 1.84. The van der Waals surface area contributed by atoms with Crippen LogP contribution in [-0.4, -0.2) is 16.2 Å². The van der Waals surface area contributed by atoms with E-state index in [2.05, 4.69) is 4.98 Å². The third kappa shape index (κ3) is 1.45. The summed E-state index contributed by atoms with van der Waals surface area (Å²) in [5, 5.41) is 9.21. The second-order valence-corrected chi connectivity index (χ2v) is 3.97. The first kappa shape index (κ1) is 8.66. The SMILES string of the molecule is Cc1cncc(C2(N)CC(O)C2)c1. The first-order chi connectivity index (χ1) is 6.10. The molecular formula is C10H14N2O. The van der Waals surface area contributed by atoms with Crippen LogP contribution in [0, 0.1) is 6.92 Å². The highest BCUT2D eigenvalue weighted by atomic mass is 16.3. The molecule has 70 valence electrons. The third-order valence-corrected chi connectivity index (χ3v) is 2.65. The van der Waals surface area contributed by atoms with Gasteiger partial charge >= 0.3 is 0 Å². The topological polar surface area (TPSA) is 59.1 Å². The Hall–Kier alpha value is -0.930. The molecule has 0 aromatic carbocycles. The second-order valence-electron chi connectivity index (χ2n) is 3.97. The van der Waals surface area contributed by atoms with Gasteiger partial charge in [-0.2, -0.15) is 0 Å². The maximum absolute atomic E-state index is 9.21. The van der Waals surface area contributed by atoms with Gasteiger partial charge < -0.3 is 10.8 Å². The first-order valence-electron chi connectivity index (χ1n) is 4.49. The van der Waals surface area contributed by atoms with Crippen molar-refractivity contribution < 1.29 is 5.11 Å². The Morgan fingerprint density at radius 1 is 1.54 bits per heavy atom. The predicted octanol–water partition coefficient (Wildman–Crippen LogP) is 0.699. The smallest absolute Gasteiger partial charge is 0.0582 e. The van der Waals surface area contributed by atoms with E-state index in [9.17, 15) is 5.11 Å². The summed E-state index contributed by atoms with van der Waals surface area (Å²) in [7, 11) is 0. The van der Waals surface area contributed by atoms with Gasteiger partial charge in [0.2, 0.25) is 0 Å². The molecule has 2 rings (SSSR count). The summed E-state index contributed by atoms with van der Waals surface area (Å²) >= 11 is 0. The van der Waals surface area contributed by atoms with Gasteiger partial charge in [-0.25, -0.2) is 0 Å². The number of aliphatic hydroxyl groups is 1. The van der Waals surface area contributed by atoms with E-state index in [1.165, 1.54) is 0 Å². The van der Waals surface area contributed by atoms with Crippen LogP contribution in [0.4, 0.5) is 0 Å². The van der Waals surface area contributed by atoms with Crippen molar-refractivity contribution in [3.8, 4) is 0 Å². The van der Waals surface area contributed by atoms with E-state index in [0.717, 1.165) is 11.1 Å². The molecule has 1 aliphatic carbocycles. The average Bonchev–Trinajstić information content (AvgIpc) is 2.02. The summed E-state index contributed by atoms with van der Waals surface area (Å²) in [4.78, 5) is 4.10. The van der Waals surface area contributed by atoms with Crippen molar-refractivity contribution in [3.63, 3.8) is 0 Å². The number of hydrogen-bond acceptors (Lipinski definition) is 3. The molecule has 0 amide bonds. The van der Waals surface area contributed by atoms with Crippen LogP contribution in [0.15, 0.2) is 18.5 Å². The summed E-state index contributed by atoms with van der Waals surface area (Å²) < 4.78 is 0. The molecule has 0 radical (unpaired) electrons. The zero-order valence-corrected chi connectivity index (χ0v) is 7.70. The Kier molecular flexibility index (Phi) is 1.86. The summed E-state index contributed by atoms with van der Waals surface area (Å²) in [6, 6.07) is 2.04. The van der Waals surface area contributed by atoms with Gasteiger partial charge in [0.25, 0.3) is 0 Å². The van der Waals surface area contributed by atoms with Crippen molar-refractivity contribution >= 4 is 0 Å². The predicted molar refractivity (Wildman–Crippen MR) is 50.1 cm³/mol. The minimum absolute atomic E-state index is 0.231. The summed E-state index contributed by atoms with van der Waals surface area (Å²) in [6.45, 7) is 1.99. The van der Waals surface area contributed by atoms with Gasteiger partial charge in [-0.15, -0.1) is 0 Å². The Bertz CT molecular complexity index is 318. The molecule has 3 heteroatoms. The van der Waals surface area contributed by atoms with Crippen LogP contribution in [0.3, 0.4) is 0 Å². The fourth-order valence-corrected chi connectivity index (χ4v) is 1.84. The lowest BCUT2D eigenvalue weighted by Gasteiger charge is -2.42. The van der Waals surface area contributed by atoms with E-state index in [4.69, 9.17) is 5.73 Å². The molecule has 0 saturated heterocycles. The Morgan fingerprint density at radius 3 is 2.77 bits per heavy atom. The molecule has 0 bridgehead atoms. The average molecular weight is 178 g/mol.